The molecule has 0 spiro atoms. The minimum absolute atomic E-state index is 0.134. The van der Waals surface area contributed by atoms with Crippen LogP contribution >= 0.6 is 0 Å². The number of hydrogen-bond acceptors (Lipinski definition) is 5. The molecule has 0 aromatic heterocycles. The highest BCUT2D eigenvalue weighted by atomic mass is 16.6. The molecule has 1 rings (SSSR count). The predicted octanol–water partition coefficient (Wildman–Crippen LogP) is 1.45. The number of hydrogen-bond donors (Lipinski definition) is 1. The lowest BCUT2D eigenvalue weighted by Gasteiger charge is -2.19. The molecule has 0 heterocycles. The summed E-state index contributed by atoms with van der Waals surface area (Å²) in [6.07, 6.45) is -0.0864. The summed E-state index contributed by atoms with van der Waals surface area (Å²) >= 11 is 0. The number of aliphatic hydroxyl groups excluding tert-OH is 1. The molecule has 1 aromatic rings. The Morgan fingerprint density at radius 2 is 2.20 bits per heavy atom. The van der Waals surface area contributed by atoms with Gasteiger partial charge in [0.25, 0.3) is 11.6 Å². The Morgan fingerprint density at radius 1 is 1.55 bits per heavy atom. The van der Waals surface area contributed by atoms with Crippen LogP contribution in [0.25, 0.3) is 0 Å². The molecule has 0 aliphatic rings. The van der Waals surface area contributed by atoms with Crippen LogP contribution in [0.1, 0.15) is 23.7 Å². The van der Waals surface area contributed by atoms with Crippen molar-refractivity contribution >= 4 is 11.6 Å². The molecule has 20 heavy (non-hydrogen) atoms. The quantitative estimate of drug-likeness (QED) is 0.629. The zero-order chi connectivity index (χ0) is 15.3. The molecule has 0 aliphatic heterocycles. The normalized spacial score (nSPS) is 11.8. The van der Waals surface area contributed by atoms with Crippen molar-refractivity contribution in [1.82, 2.24) is 4.90 Å². The van der Waals surface area contributed by atoms with E-state index in [0.717, 1.165) is 0 Å². The van der Waals surface area contributed by atoms with Crippen LogP contribution < -0.4 is 4.74 Å². The van der Waals surface area contributed by atoms with Crippen molar-refractivity contribution in [2.24, 2.45) is 0 Å². The first-order chi connectivity index (χ1) is 9.36. The minimum atomic E-state index is -0.563. The molecule has 0 aliphatic carbocycles. The van der Waals surface area contributed by atoms with Crippen LogP contribution in [0.2, 0.25) is 0 Å². The van der Waals surface area contributed by atoms with Crippen LogP contribution in [0.3, 0.4) is 0 Å². The topological polar surface area (TPSA) is 92.9 Å². The van der Waals surface area contributed by atoms with Gasteiger partial charge in [-0.3, -0.25) is 14.9 Å². The average molecular weight is 282 g/mol. The fourth-order valence-corrected chi connectivity index (χ4v) is 1.66. The van der Waals surface area contributed by atoms with Gasteiger partial charge in [0.15, 0.2) is 0 Å². The van der Waals surface area contributed by atoms with Crippen molar-refractivity contribution in [2.45, 2.75) is 19.4 Å². The lowest BCUT2D eigenvalue weighted by Crippen LogP contribution is -2.29. The Bertz CT molecular complexity index is 502. The van der Waals surface area contributed by atoms with Gasteiger partial charge in [-0.25, -0.2) is 0 Å². The van der Waals surface area contributed by atoms with Gasteiger partial charge in [0.05, 0.1) is 23.7 Å². The Morgan fingerprint density at radius 3 is 2.70 bits per heavy atom. The number of non-ortho nitro benzene ring substituents is 1. The Balaban J connectivity index is 3.00. The van der Waals surface area contributed by atoms with Gasteiger partial charge in [-0.05, 0) is 19.4 Å². The number of nitrogens with zero attached hydrogens (tertiary/aromatic N) is 2. The summed E-state index contributed by atoms with van der Waals surface area (Å²) in [7, 11) is 2.97. The van der Waals surface area contributed by atoms with E-state index in [1.807, 2.05) is 0 Å². The van der Waals surface area contributed by atoms with Gasteiger partial charge in [0, 0.05) is 25.7 Å². The van der Waals surface area contributed by atoms with Gasteiger partial charge >= 0.3 is 0 Å². The van der Waals surface area contributed by atoms with E-state index in [0.29, 0.717) is 13.0 Å². The van der Waals surface area contributed by atoms with Crippen LogP contribution in [0.4, 0.5) is 5.69 Å². The molecule has 0 saturated heterocycles. The second-order valence-corrected chi connectivity index (χ2v) is 4.51. The molecule has 1 unspecified atom stereocenters. The molecule has 1 aromatic carbocycles. The number of nitro benzene ring substituents is 1. The summed E-state index contributed by atoms with van der Waals surface area (Å²) in [5.41, 5.74) is -0.0344. The van der Waals surface area contributed by atoms with E-state index in [4.69, 9.17) is 4.74 Å². The molecule has 0 radical (unpaired) electrons. The summed E-state index contributed by atoms with van der Waals surface area (Å²) in [6.45, 7) is 1.98. The van der Waals surface area contributed by atoms with Gasteiger partial charge in [0.1, 0.15) is 5.75 Å². The lowest BCUT2D eigenvalue weighted by molar-refractivity contribution is -0.384. The highest BCUT2D eigenvalue weighted by Crippen LogP contribution is 2.25. The van der Waals surface area contributed by atoms with Gasteiger partial charge < -0.3 is 14.7 Å². The van der Waals surface area contributed by atoms with E-state index in [9.17, 15) is 20.0 Å². The monoisotopic (exact) mass is 282 g/mol. The van der Waals surface area contributed by atoms with Crippen molar-refractivity contribution in [2.75, 3.05) is 20.7 Å². The van der Waals surface area contributed by atoms with E-state index in [2.05, 4.69) is 0 Å². The Labute approximate surface area is 116 Å². The number of nitro groups is 1. The van der Waals surface area contributed by atoms with Crippen LogP contribution in [0, 0.1) is 10.1 Å². The molecule has 1 amide bonds. The fraction of sp³-hybridized carbons (Fsp3) is 0.462. The lowest BCUT2D eigenvalue weighted by atomic mass is 10.1. The Hall–Kier alpha value is -2.15. The largest absolute Gasteiger partial charge is 0.496 e. The van der Waals surface area contributed by atoms with Crippen molar-refractivity contribution in [3.63, 3.8) is 0 Å². The van der Waals surface area contributed by atoms with Crippen LogP contribution in [0.15, 0.2) is 18.2 Å². The zero-order valence-corrected chi connectivity index (χ0v) is 11.7. The smallest absolute Gasteiger partial charge is 0.270 e. The summed E-state index contributed by atoms with van der Waals surface area (Å²) < 4.78 is 5.06. The van der Waals surface area contributed by atoms with Gasteiger partial charge in [-0.1, -0.05) is 0 Å². The second-order valence-electron chi connectivity index (χ2n) is 4.51. The molecule has 1 atom stereocenters. The standard InChI is InChI=1S/C13H18N2O5/c1-9(16)6-7-14(2)13(17)11-8-10(15(18)19)4-5-12(11)20-3/h4-5,8-9,16H,6-7H2,1-3H3. The number of carbonyl (C=O) groups excluding carboxylic acids is 1. The van der Waals surface area contributed by atoms with Crippen molar-refractivity contribution in [3.8, 4) is 5.75 Å². The van der Waals surface area contributed by atoms with Gasteiger partial charge in [0.2, 0.25) is 0 Å². The third-order valence-electron chi connectivity index (χ3n) is 2.85. The number of ether oxygens (including phenoxy) is 1. The maximum Gasteiger partial charge on any atom is 0.270 e. The van der Waals surface area contributed by atoms with Crippen LogP contribution in [-0.2, 0) is 0 Å². The molecule has 0 saturated carbocycles. The third-order valence-corrected chi connectivity index (χ3v) is 2.85. The highest BCUT2D eigenvalue weighted by molar-refractivity contribution is 5.97. The van der Waals surface area contributed by atoms with Crippen molar-refractivity contribution in [3.05, 3.63) is 33.9 Å². The van der Waals surface area contributed by atoms with Crippen molar-refractivity contribution < 1.29 is 19.6 Å². The second kappa shape index (κ2) is 6.85. The van der Waals surface area contributed by atoms with Gasteiger partial charge in [-0.2, -0.15) is 0 Å². The maximum absolute atomic E-state index is 12.3. The maximum atomic E-state index is 12.3. The van der Waals surface area contributed by atoms with Crippen LogP contribution in [-0.4, -0.2) is 47.6 Å². The summed E-state index contributed by atoms with van der Waals surface area (Å²) in [5.74, 6) is -0.101. The first kappa shape index (κ1) is 15.9. The minimum Gasteiger partial charge on any atom is -0.496 e. The van der Waals surface area contributed by atoms with Crippen LogP contribution in [0.5, 0.6) is 5.75 Å². The third kappa shape index (κ3) is 3.92. The number of carbonyl (C=O) groups is 1. The average Bonchev–Trinajstić information content (AvgIpc) is 2.42. The molecular formula is C13H18N2O5. The number of aliphatic hydroxyl groups is 1. The highest BCUT2D eigenvalue weighted by Gasteiger charge is 2.20. The molecule has 110 valence electrons. The van der Waals surface area contributed by atoms with E-state index in [-0.39, 0.29) is 22.9 Å². The van der Waals surface area contributed by atoms with E-state index >= 15 is 0 Å². The summed E-state index contributed by atoms with van der Waals surface area (Å²) in [4.78, 5) is 23.9. The molecule has 7 heteroatoms. The molecule has 7 nitrogen and oxygen atoms in total. The molecular weight excluding hydrogens is 264 g/mol. The molecule has 0 bridgehead atoms. The number of amides is 1. The fourth-order valence-electron chi connectivity index (χ4n) is 1.66. The number of benzene rings is 1. The first-order valence-corrected chi connectivity index (χ1v) is 6.12. The van der Waals surface area contributed by atoms with E-state index < -0.39 is 11.0 Å². The SMILES string of the molecule is COc1ccc([N+](=O)[O-])cc1C(=O)N(C)CCC(C)O. The number of methoxy groups -OCH3 is 1. The predicted molar refractivity (Wildman–Crippen MR) is 72.9 cm³/mol. The molecule has 1 N–H and O–H groups in total. The van der Waals surface area contributed by atoms with Gasteiger partial charge in [-0.15, -0.1) is 0 Å². The summed E-state index contributed by atoms with van der Waals surface area (Å²) in [6, 6.07) is 3.87. The summed E-state index contributed by atoms with van der Waals surface area (Å²) in [5, 5.41) is 20.0. The Kier molecular flexibility index (Phi) is 5.45. The van der Waals surface area contributed by atoms with E-state index in [1.165, 1.54) is 30.2 Å². The first-order valence-electron chi connectivity index (χ1n) is 6.12. The zero-order valence-electron chi connectivity index (χ0n) is 11.7. The van der Waals surface area contributed by atoms with E-state index in [1.54, 1.807) is 14.0 Å². The number of rotatable bonds is 6. The van der Waals surface area contributed by atoms with Crippen molar-refractivity contribution in [1.29, 1.82) is 0 Å². The molecule has 0 fully saturated rings.